The third-order valence-electron chi connectivity index (χ3n) is 2.99. The van der Waals surface area contributed by atoms with Crippen LogP contribution in [-0.4, -0.2) is 8.07 Å². The molecule has 0 unspecified atom stereocenters. The van der Waals surface area contributed by atoms with Crippen LogP contribution in [0.4, 0.5) is 5.69 Å². The van der Waals surface area contributed by atoms with Crippen molar-refractivity contribution < 1.29 is 0 Å². The van der Waals surface area contributed by atoms with E-state index >= 15 is 0 Å². The van der Waals surface area contributed by atoms with Gasteiger partial charge >= 0.3 is 0 Å². The Labute approximate surface area is 104 Å². The van der Waals surface area contributed by atoms with Crippen molar-refractivity contribution in [3.8, 4) is 11.1 Å². The van der Waals surface area contributed by atoms with E-state index in [1.54, 1.807) is 0 Å². The van der Waals surface area contributed by atoms with Crippen LogP contribution in [0.15, 0.2) is 48.5 Å². The van der Waals surface area contributed by atoms with Gasteiger partial charge in [-0.1, -0.05) is 61.2 Å². The predicted molar refractivity (Wildman–Crippen MR) is 79.3 cm³/mol. The van der Waals surface area contributed by atoms with Gasteiger partial charge in [-0.25, -0.2) is 0 Å². The minimum absolute atomic E-state index is 0.812. The highest BCUT2D eigenvalue weighted by Gasteiger charge is 2.15. The van der Waals surface area contributed by atoms with Crippen LogP contribution in [0.2, 0.25) is 19.6 Å². The molecule has 0 amide bonds. The average molecular weight is 241 g/mol. The molecule has 0 bridgehead atoms. The molecule has 2 aromatic rings. The first-order chi connectivity index (χ1) is 7.97. The van der Waals surface area contributed by atoms with Gasteiger partial charge in [-0.15, -0.1) is 0 Å². The van der Waals surface area contributed by atoms with E-state index in [-0.39, 0.29) is 0 Å². The maximum absolute atomic E-state index is 5.69. The quantitative estimate of drug-likeness (QED) is 0.632. The Kier molecular flexibility index (Phi) is 3.07. The molecular formula is C15H19NSi. The van der Waals surface area contributed by atoms with Crippen molar-refractivity contribution in [3.05, 3.63) is 48.5 Å². The molecule has 2 N–H and O–H groups in total. The van der Waals surface area contributed by atoms with E-state index in [2.05, 4.69) is 56.0 Å². The highest BCUT2D eigenvalue weighted by atomic mass is 28.3. The van der Waals surface area contributed by atoms with E-state index in [9.17, 15) is 0 Å². The number of hydrogen-bond donors (Lipinski definition) is 1. The van der Waals surface area contributed by atoms with Crippen LogP contribution in [0, 0.1) is 0 Å². The fourth-order valence-corrected chi connectivity index (χ4v) is 3.00. The SMILES string of the molecule is C[Si](C)(C)c1ccc(-c2ccc(N)cc2)cc1. The van der Waals surface area contributed by atoms with Gasteiger partial charge in [-0.2, -0.15) is 0 Å². The maximum atomic E-state index is 5.69. The van der Waals surface area contributed by atoms with Gasteiger partial charge in [-0.05, 0) is 23.3 Å². The molecular weight excluding hydrogens is 222 g/mol. The zero-order valence-corrected chi connectivity index (χ0v) is 11.7. The van der Waals surface area contributed by atoms with Crippen molar-refractivity contribution in [1.82, 2.24) is 0 Å². The largest absolute Gasteiger partial charge is 0.399 e. The third kappa shape index (κ3) is 2.77. The molecule has 0 spiro atoms. The number of benzene rings is 2. The average Bonchev–Trinajstić information content (AvgIpc) is 2.29. The minimum atomic E-state index is -1.19. The van der Waals surface area contributed by atoms with Crippen LogP contribution in [0.1, 0.15) is 0 Å². The first-order valence-corrected chi connectivity index (χ1v) is 9.43. The van der Waals surface area contributed by atoms with Gasteiger partial charge in [-0.3, -0.25) is 0 Å². The van der Waals surface area contributed by atoms with Crippen LogP contribution < -0.4 is 10.9 Å². The lowest BCUT2D eigenvalue weighted by atomic mass is 10.1. The third-order valence-corrected chi connectivity index (χ3v) is 5.06. The number of nitrogen functional groups attached to an aromatic ring is 1. The van der Waals surface area contributed by atoms with E-state index in [1.165, 1.54) is 16.3 Å². The molecule has 0 saturated heterocycles. The Bertz CT molecular complexity index is 492. The summed E-state index contributed by atoms with van der Waals surface area (Å²) < 4.78 is 0. The maximum Gasteiger partial charge on any atom is 0.0775 e. The number of hydrogen-bond acceptors (Lipinski definition) is 1. The van der Waals surface area contributed by atoms with Gasteiger partial charge in [0.05, 0.1) is 8.07 Å². The number of nitrogens with two attached hydrogens (primary N) is 1. The van der Waals surface area contributed by atoms with Gasteiger partial charge in [0.25, 0.3) is 0 Å². The molecule has 0 radical (unpaired) electrons. The van der Waals surface area contributed by atoms with Crippen LogP contribution in [-0.2, 0) is 0 Å². The second-order valence-corrected chi connectivity index (χ2v) is 10.5. The molecule has 0 fully saturated rings. The Morgan fingerprint density at radius 3 is 1.53 bits per heavy atom. The van der Waals surface area contributed by atoms with Crippen LogP contribution in [0.5, 0.6) is 0 Å². The van der Waals surface area contributed by atoms with E-state index in [1.807, 2.05) is 12.1 Å². The zero-order chi connectivity index (χ0) is 12.5. The summed E-state index contributed by atoms with van der Waals surface area (Å²) >= 11 is 0. The van der Waals surface area contributed by atoms with Crippen LogP contribution >= 0.6 is 0 Å². The van der Waals surface area contributed by atoms with E-state index in [4.69, 9.17) is 5.73 Å². The molecule has 88 valence electrons. The van der Waals surface area contributed by atoms with Gasteiger partial charge in [0.2, 0.25) is 0 Å². The van der Waals surface area contributed by atoms with Crippen LogP contribution in [0.3, 0.4) is 0 Å². The van der Waals surface area contributed by atoms with Crippen molar-refractivity contribution in [2.24, 2.45) is 0 Å². The van der Waals surface area contributed by atoms with Crippen molar-refractivity contribution in [1.29, 1.82) is 0 Å². The number of anilines is 1. The van der Waals surface area contributed by atoms with Crippen molar-refractivity contribution in [2.45, 2.75) is 19.6 Å². The summed E-state index contributed by atoms with van der Waals surface area (Å²) in [6.07, 6.45) is 0. The first kappa shape index (κ1) is 11.9. The summed E-state index contributed by atoms with van der Waals surface area (Å²) in [6, 6.07) is 17.0. The molecule has 0 aliphatic carbocycles. The Hall–Kier alpha value is -1.54. The second-order valence-electron chi connectivity index (χ2n) is 5.45. The van der Waals surface area contributed by atoms with Gasteiger partial charge in [0.1, 0.15) is 0 Å². The van der Waals surface area contributed by atoms with Crippen molar-refractivity contribution >= 4 is 18.9 Å². The lowest BCUT2D eigenvalue weighted by Crippen LogP contribution is -2.37. The lowest BCUT2D eigenvalue weighted by Gasteiger charge is -2.16. The summed E-state index contributed by atoms with van der Waals surface area (Å²) in [5.74, 6) is 0. The molecule has 0 saturated carbocycles. The molecule has 0 aliphatic heterocycles. The van der Waals surface area contributed by atoms with Gasteiger partial charge in [0.15, 0.2) is 0 Å². The summed E-state index contributed by atoms with van der Waals surface area (Å²) in [7, 11) is -1.19. The Balaban J connectivity index is 2.33. The smallest absolute Gasteiger partial charge is 0.0775 e. The monoisotopic (exact) mass is 241 g/mol. The molecule has 0 aromatic heterocycles. The normalized spacial score (nSPS) is 11.5. The topological polar surface area (TPSA) is 26.0 Å². The fourth-order valence-electron chi connectivity index (χ4n) is 1.84. The Morgan fingerprint density at radius 2 is 1.12 bits per heavy atom. The molecule has 2 aromatic carbocycles. The fraction of sp³-hybridized carbons (Fsp3) is 0.200. The molecule has 1 nitrogen and oxygen atoms in total. The molecule has 17 heavy (non-hydrogen) atoms. The summed E-state index contributed by atoms with van der Waals surface area (Å²) in [4.78, 5) is 0. The standard InChI is InChI=1S/C15H19NSi/c1-17(2,3)15-10-6-13(7-11-15)12-4-8-14(16)9-5-12/h4-11H,16H2,1-3H3. The highest BCUT2D eigenvalue weighted by Crippen LogP contribution is 2.20. The van der Waals surface area contributed by atoms with Gasteiger partial charge < -0.3 is 5.73 Å². The van der Waals surface area contributed by atoms with Gasteiger partial charge in [0, 0.05) is 5.69 Å². The number of rotatable bonds is 2. The molecule has 2 heteroatoms. The summed E-state index contributed by atoms with van der Waals surface area (Å²) in [5, 5.41) is 1.50. The highest BCUT2D eigenvalue weighted by molar-refractivity contribution is 6.88. The van der Waals surface area contributed by atoms with E-state index in [0.29, 0.717) is 0 Å². The Morgan fingerprint density at radius 1 is 0.706 bits per heavy atom. The van der Waals surface area contributed by atoms with Crippen molar-refractivity contribution in [2.75, 3.05) is 5.73 Å². The minimum Gasteiger partial charge on any atom is -0.399 e. The second kappa shape index (κ2) is 4.38. The van der Waals surface area contributed by atoms with E-state index < -0.39 is 8.07 Å². The summed E-state index contributed by atoms with van der Waals surface area (Å²) in [5.41, 5.74) is 8.98. The molecule has 0 aliphatic rings. The zero-order valence-electron chi connectivity index (χ0n) is 10.7. The van der Waals surface area contributed by atoms with Crippen molar-refractivity contribution in [3.63, 3.8) is 0 Å². The van der Waals surface area contributed by atoms with E-state index in [0.717, 1.165) is 5.69 Å². The lowest BCUT2D eigenvalue weighted by molar-refractivity contribution is 1.61. The van der Waals surface area contributed by atoms with Crippen LogP contribution in [0.25, 0.3) is 11.1 Å². The molecule has 2 rings (SSSR count). The predicted octanol–water partition coefficient (Wildman–Crippen LogP) is 3.48. The summed E-state index contributed by atoms with van der Waals surface area (Å²) in [6.45, 7) is 7.10. The molecule has 0 atom stereocenters. The first-order valence-electron chi connectivity index (χ1n) is 5.93. The molecule has 0 heterocycles.